The monoisotopic (exact) mass is 423 g/mol. The van der Waals surface area contributed by atoms with Crippen LogP contribution < -0.4 is 10.1 Å². The van der Waals surface area contributed by atoms with Gasteiger partial charge in [0, 0.05) is 37.2 Å². The zero-order chi connectivity index (χ0) is 22.4. The van der Waals surface area contributed by atoms with Gasteiger partial charge in [0.05, 0.1) is 7.11 Å². The molecule has 31 heavy (non-hydrogen) atoms. The average Bonchev–Trinajstić information content (AvgIpc) is 3.27. The van der Waals surface area contributed by atoms with Crippen molar-refractivity contribution in [2.45, 2.75) is 65.0 Å². The van der Waals surface area contributed by atoms with Crippen LogP contribution in [0.5, 0.6) is 5.75 Å². The Kier molecular flexibility index (Phi) is 8.08. The molecule has 3 atom stereocenters. The number of ether oxygens (including phenoxy) is 1. The highest BCUT2D eigenvalue weighted by molar-refractivity contribution is 6.03. The minimum Gasteiger partial charge on any atom is -0.497 e. The minimum absolute atomic E-state index is 0.0721. The Labute approximate surface area is 186 Å². The van der Waals surface area contributed by atoms with E-state index in [0.717, 1.165) is 73.0 Å². The second-order valence-corrected chi connectivity index (χ2v) is 8.54. The molecular weight excluding hydrogens is 386 g/mol. The molecule has 2 aromatic rings. The summed E-state index contributed by atoms with van der Waals surface area (Å²) in [7, 11) is 1.68. The van der Waals surface area contributed by atoms with Crippen LogP contribution in [-0.2, 0) is 4.79 Å². The van der Waals surface area contributed by atoms with Gasteiger partial charge in [0.2, 0.25) is 5.91 Å². The summed E-state index contributed by atoms with van der Waals surface area (Å²) < 4.78 is 5.31. The number of fused-ring (bicyclic) bond motifs is 1. The van der Waals surface area contributed by atoms with Gasteiger partial charge in [0.15, 0.2) is 0 Å². The van der Waals surface area contributed by atoms with E-state index in [1.165, 1.54) is 0 Å². The van der Waals surface area contributed by atoms with Crippen molar-refractivity contribution < 1.29 is 9.53 Å². The Morgan fingerprint density at radius 3 is 2.58 bits per heavy atom. The van der Waals surface area contributed by atoms with E-state index < -0.39 is 0 Å². The standard InChI is InChI=1S/C24H31N3O2.C2H6/c1-16(28)26-21-8-9-22(14-21)27-11-3-4-20(15-27)24(25)19-6-5-18-13-23(29-2)10-7-17(18)12-19;1-2/h5-7,10,12-13,20-22,25H,3-4,8-9,11,14-15H2,1-2H3,(H,26,28);1-2H3. The Morgan fingerprint density at radius 1 is 1.10 bits per heavy atom. The van der Waals surface area contributed by atoms with Crippen LogP contribution in [0.25, 0.3) is 10.8 Å². The Balaban J connectivity index is 0.00000132. The number of likely N-dealkylation sites (tertiary alicyclic amines) is 1. The van der Waals surface area contributed by atoms with Crippen molar-refractivity contribution in [1.82, 2.24) is 10.2 Å². The van der Waals surface area contributed by atoms with E-state index in [9.17, 15) is 4.79 Å². The maximum atomic E-state index is 11.4. The summed E-state index contributed by atoms with van der Waals surface area (Å²) in [6.45, 7) is 7.67. The lowest BCUT2D eigenvalue weighted by molar-refractivity contribution is -0.119. The second-order valence-electron chi connectivity index (χ2n) is 8.54. The first-order valence-corrected chi connectivity index (χ1v) is 11.7. The summed E-state index contributed by atoms with van der Waals surface area (Å²) in [5.41, 5.74) is 1.78. The molecule has 5 heteroatoms. The van der Waals surface area contributed by atoms with Crippen molar-refractivity contribution in [2.75, 3.05) is 20.2 Å². The lowest BCUT2D eigenvalue weighted by Crippen LogP contribution is -2.44. The van der Waals surface area contributed by atoms with Gasteiger partial charge in [0.1, 0.15) is 5.75 Å². The number of nitrogens with one attached hydrogen (secondary N) is 2. The maximum absolute atomic E-state index is 11.4. The van der Waals surface area contributed by atoms with Gasteiger partial charge in [0.25, 0.3) is 0 Å². The zero-order valence-corrected chi connectivity index (χ0v) is 19.4. The molecular formula is C26H37N3O2. The van der Waals surface area contributed by atoms with Gasteiger partial charge in [-0.3, -0.25) is 9.69 Å². The first-order valence-electron chi connectivity index (χ1n) is 11.7. The summed E-state index contributed by atoms with van der Waals surface area (Å²) in [5, 5.41) is 14.2. The predicted molar refractivity (Wildman–Crippen MR) is 128 cm³/mol. The number of benzene rings is 2. The normalized spacial score (nSPS) is 23.7. The van der Waals surface area contributed by atoms with E-state index in [1.54, 1.807) is 14.0 Å². The molecule has 3 unspecified atom stereocenters. The number of nitrogens with zero attached hydrogens (tertiary/aromatic N) is 1. The molecule has 0 aromatic heterocycles. The molecule has 1 amide bonds. The van der Waals surface area contributed by atoms with E-state index in [1.807, 2.05) is 26.0 Å². The van der Waals surface area contributed by atoms with Crippen molar-refractivity contribution in [3.63, 3.8) is 0 Å². The van der Waals surface area contributed by atoms with Crippen LogP contribution in [0.1, 0.15) is 58.4 Å². The smallest absolute Gasteiger partial charge is 0.217 e. The summed E-state index contributed by atoms with van der Waals surface area (Å²) in [6, 6.07) is 13.2. The Hall–Kier alpha value is -2.40. The summed E-state index contributed by atoms with van der Waals surface area (Å²) in [6.07, 6.45) is 5.47. The first kappa shape index (κ1) is 23.3. The van der Waals surface area contributed by atoms with Crippen LogP contribution in [-0.4, -0.2) is 48.8 Å². The predicted octanol–water partition coefficient (Wildman–Crippen LogP) is 5.01. The maximum Gasteiger partial charge on any atom is 0.217 e. The summed E-state index contributed by atoms with van der Waals surface area (Å²) in [5.74, 6) is 1.21. The molecule has 2 fully saturated rings. The van der Waals surface area contributed by atoms with Crippen LogP contribution in [0, 0.1) is 11.3 Å². The number of hydrogen-bond donors (Lipinski definition) is 2. The quantitative estimate of drug-likeness (QED) is 0.664. The molecule has 0 radical (unpaired) electrons. The van der Waals surface area contributed by atoms with Gasteiger partial charge in [-0.25, -0.2) is 0 Å². The summed E-state index contributed by atoms with van der Waals surface area (Å²) in [4.78, 5) is 13.9. The third kappa shape index (κ3) is 5.65. The third-order valence-electron chi connectivity index (χ3n) is 6.55. The van der Waals surface area contributed by atoms with E-state index >= 15 is 0 Å². The molecule has 0 bridgehead atoms. The molecule has 1 aliphatic carbocycles. The number of hydrogen-bond acceptors (Lipinski definition) is 4. The highest BCUT2D eigenvalue weighted by Crippen LogP contribution is 2.30. The van der Waals surface area contributed by atoms with E-state index in [-0.39, 0.29) is 11.8 Å². The van der Waals surface area contributed by atoms with E-state index in [4.69, 9.17) is 10.1 Å². The average molecular weight is 424 g/mol. The van der Waals surface area contributed by atoms with E-state index in [0.29, 0.717) is 12.1 Å². The van der Waals surface area contributed by atoms with Crippen molar-refractivity contribution in [3.8, 4) is 5.75 Å². The number of piperidine rings is 1. The molecule has 2 aromatic carbocycles. The van der Waals surface area contributed by atoms with Gasteiger partial charge in [-0.1, -0.05) is 32.0 Å². The van der Waals surface area contributed by atoms with Gasteiger partial charge >= 0.3 is 0 Å². The van der Waals surface area contributed by atoms with Gasteiger partial charge in [-0.05, 0) is 73.2 Å². The van der Waals surface area contributed by atoms with Crippen LogP contribution in [0.15, 0.2) is 36.4 Å². The zero-order valence-electron chi connectivity index (χ0n) is 19.4. The van der Waals surface area contributed by atoms with Crippen molar-refractivity contribution in [3.05, 3.63) is 42.0 Å². The molecule has 1 saturated heterocycles. The number of amides is 1. The molecule has 5 nitrogen and oxygen atoms in total. The first-order chi connectivity index (χ1) is 15.0. The van der Waals surface area contributed by atoms with Gasteiger partial charge in [-0.2, -0.15) is 0 Å². The van der Waals surface area contributed by atoms with Gasteiger partial charge < -0.3 is 15.5 Å². The van der Waals surface area contributed by atoms with Crippen LogP contribution in [0.2, 0.25) is 0 Å². The number of methoxy groups -OCH3 is 1. The largest absolute Gasteiger partial charge is 0.497 e. The number of carbonyl (C=O) groups is 1. The molecule has 1 heterocycles. The fourth-order valence-corrected chi connectivity index (χ4v) is 5.04. The molecule has 4 rings (SSSR count). The lowest BCUT2D eigenvalue weighted by Gasteiger charge is -2.37. The fraction of sp³-hybridized carbons (Fsp3) is 0.538. The molecule has 1 aliphatic heterocycles. The van der Waals surface area contributed by atoms with Crippen molar-refractivity contribution in [1.29, 1.82) is 5.41 Å². The topological polar surface area (TPSA) is 65.4 Å². The SMILES string of the molecule is CC.COc1ccc2cc(C(=N)C3CCCN(C4CCC(NC(C)=O)C4)C3)ccc2c1. The fourth-order valence-electron chi connectivity index (χ4n) is 5.04. The second kappa shape index (κ2) is 10.8. The number of carbonyl (C=O) groups excluding carboxylic acids is 1. The molecule has 2 aliphatic rings. The van der Waals surface area contributed by atoms with E-state index in [2.05, 4.69) is 34.5 Å². The Morgan fingerprint density at radius 2 is 1.84 bits per heavy atom. The van der Waals surface area contributed by atoms with Crippen LogP contribution >= 0.6 is 0 Å². The van der Waals surface area contributed by atoms with Crippen molar-refractivity contribution in [2.24, 2.45) is 5.92 Å². The molecule has 0 spiro atoms. The van der Waals surface area contributed by atoms with Crippen LogP contribution in [0.4, 0.5) is 0 Å². The molecule has 1 saturated carbocycles. The van der Waals surface area contributed by atoms with Crippen molar-refractivity contribution >= 4 is 22.4 Å². The van der Waals surface area contributed by atoms with Crippen LogP contribution in [0.3, 0.4) is 0 Å². The highest BCUT2D eigenvalue weighted by Gasteiger charge is 2.33. The lowest BCUT2D eigenvalue weighted by atomic mass is 9.88. The van der Waals surface area contributed by atoms with Gasteiger partial charge in [-0.15, -0.1) is 0 Å². The minimum atomic E-state index is 0.0721. The summed E-state index contributed by atoms with van der Waals surface area (Å²) >= 11 is 0. The molecule has 168 valence electrons. The Bertz CT molecular complexity index is 911. The molecule has 2 N–H and O–H groups in total. The third-order valence-corrected chi connectivity index (χ3v) is 6.55. The highest BCUT2D eigenvalue weighted by atomic mass is 16.5. The number of rotatable bonds is 5.